The van der Waals surface area contributed by atoms with Crippen LogP contribution in [0.3, 0.4) is 0 Å². The van der Waals surface area contributed by atoms with E-state index in [0.717, 1.165) is 22.6 Å². The zero-order valence-electron chi connectivity index (χ0n) is 16.3. The molecule has 2 rings (SSSR count). The van der Waals surface area contributed by atoms with Gasteiger partial charge in [0.1, 0.15) is 5.75 Å². The first-order valence-electron chi connectivity index (χ1n) is 8.81. The Morgan fingerprint density at radius 3 is 2.34 bits per heavy atom. The van der Waals surface area contributed by atoms with E-state index in [0.29, 0.717) is 23.5 Å². The topological polar surface area (TPSA) is 46.5 Å². The van der Waals surface area contributed by atoms with Gasteiger partial charge in [0.15, 0.2) is 5.60 Å². The zero-order valence-corrected chi connectivity index (χ0v) is 17.1. The number of carbonyl (C=O) groups is 1. The van der Waals surface area contributed by atoms with Gasteiger partial charge in [0.25, 0.3) is 0 Å². The number of hydrogen-bond donors (Lipinski definition) is 1. The van der Waals surface area contributed by atoms with Crippen LogP contribution in [0.5, 0.6) is 5.75 Å². The number of carboxylic acid groups (broad SMARTS) is 1. The summed E-state index contributed by atoms with van der Waals surface area (Å²) in [4.78, 5) is 12.2. The highest BCUT2D eigenvalue weighted by atomic mass is 32.2. The van der Waals surface area contributed by atoms with E-state index in [2.05, 4.69) is 11.8 Å². The summed E-state index contributed by atoms with van der Waals surface area (Å²) in [6.45, 7) is 4.83. The van der Waals surface area contributed by atoms with E-state index in [1.54, 1.807) is 17.8 Å². The molecule has 2 aromatic carbocycles. The average molecular weight is 422 g/mol. The Labute approximate surface area is 172 Å². The minimum absolute atomic E-state index is 0.517. The second-order valence-electron chi connectivity index (χ2n) is 6.82. The molecule has 0 aromatic heterocycles. The average Bonchev–Trinajstić information content (AvgIpc) is 2.63. The molecule has 0 radical (unpaired) electrons. The predicted molar refractivity (Wildman–Crippen MR) is 107 cm³/mol. The summed E-state index contributed by atoms with van der Waals surface area (Å²) >= 11 is 1.59. The molecule has 29 heavy (non-hydrogen) atoms. The van der Waals surface area contributed by atoms with E-state index in [9.17, 15) is 18.0 Å². The highest BCUT2D eigenvalue weighted by molar-refractivity contribution is 7.99. The van der Waals surface area contributed by atoms with Gasteiger partial charge in [-0.3, -0.25) is 0 Å². The molecule has 2 aromatic rings. The van der Waals surface area contributed by atoms with Crippen molar-refractivity contribution in [2.75, 3.05) is 5.75 Å². The molecule has 0 aliphatic carbocycles. The summed E-state index contributed by atoms with van der Waals surface area (Å²) < 4.78 is 43.2. The van der Waals surface area contributed by atoms with Crippen LogP contribution >= 0.6 is 11.8 Å². The molecule has 0 aliphatic heterocycles. The summed E-state index contributed by atoms with van der Waals surface area (Å²) in [5.74, 6) is 6.01. The van der Waals surface area contributed by atoms with Gasteiger partial charge in [0, 0.05) is 22.6 Å². The smallest absolute Gasteiger partial charge is 0.416 e. The van der Waals surface area contributed by atoms with Crippen LogP contribution in [0.1, 0.15) is 37.0 Å². The number of benzene rings is 2. The summed E-state index contributed by atoms with van der Waals surface area (Å²) in [5, 5.41) is 9.15. The van der Waals surface area contributed by atoms with Crippen LogP contribution in [0.15, 0.2) is 47.4 Å². The van der Waals surface area contributed by atoms with E-state index in [-0.39, 0.29) is 0 Å². The lowest BCUT2D eigenvalue weighted by molar-refractivity contribution is -0.152. The Morgan fingerprint density at radius 1 is 1.14 bits per heavy atom. The minimum Gasteiger partial charge on any atom is -0.478 e. The number of aryl methyl sites for hydroxylation is 1. The van der Waals surface area contributed by atoms with Gasteiger partial charge in [-0.1, -0.05) is 11.8 Å². The lowest BCUT2D eigenvalue weighted by Gasteiger charge is -2.23. The quantitative estimate of drug-likeness (QED) is 0.364. The van der Waals surface area contributed by atoms with Crippen LogP contribution in [0.25, 0.3) is 0 Å². The number of hydrogen-bond acceptors (Lipinski definition) is 3. The third-order valence-electron chi connectivity index (χ3n) is 3.97. The summed E-state index contributed by atoms with van der Waals surface area (Å²) in [6.07, 6.45) is -3.76. The second kappa shape index (κ2) is 9.27. The SMILES string of the molecule is Cc1cc(SCCC#Cc2ccc(C(F)(F)F)cc2)ccc1OC(C)(C)C(=O)O. The lowest BCUT2D eigenvalue weighted by atomic mass is 10.1. The molecule has 0 unspecified atom stereocenters. The maximum absolute atomic E-state index is 12.5. The second-order valence-corrected chi connectivity index (χ2v) is 7.99. The molecule has 1 N–H and O–H groups in total. The van der Waals surface area contributed by atoms with Crippen LogP contribution in [0.2, 0.25) is 0 Å². The Kier molecular flexibility index (Phi) is 7.26. The number of rotatable bonds is 6. The highest BCUT2D eigenvalue weighted by Crippen LogP contribution is 2.29. The number of aliphatic carboxylic acids is 1. The van der Waals surface area contributed by atoms with Gasteiger partial charge in [-0.05, 0) is 68.8 Å². The first-order chi connectivity index (χ1) is 13.5. The van der Waals surface area contributed by atoms with Crippen LogP contribution in [-0.2, 0) is 11.0 Å². The normalized spacial score (nSPS) is 11.5. The first kappa shape index (κ1) is 22.7. The van der Waals surface area contributed by atoms with E-state index >= 15 is 0 Å². The van der Waals surface area contributed by atoms with Gasteiger partial charge < -0.3 is 9.84 Å². The van der Waals surface area contributed by atoms with Crippen molar-refractivity contribution in [3.63, 3.8) is 0 Å². The molecule has 0 saturated carbocycles. The summed E-state index contributed by atoms with van der Waals surface area (Å²) in [5.41, 5.74) is -0.623. The monoisotopic (exact) mass is 422 g/mol. The van der Waals surface area contributed by atoms with Gasteiger partial charge in [0.2, 0.25) is 0 Å². The fourth-order valence-electron chi connectivity index (χ4n) is 2.27. The van der Waals surface area contributed by atoms with E-state index in [1.165, 1.54) is 26.0 Å². The van der Waals surface area contributed by atoms with Crippen molar-refractivity contribution in [3.8, 4) is 17.6 Å². The van der Waals surface area contributed by atoms with E-state index in [4.69, 9.17) is 9.84 Å². The maximum Gasteiger partial charge on any atom is 0.416 e. The molecule has 0 spiro atoms. The van der Waals surface area contributed by atoms with Gasteiger partial charge in [-0.25, -0.2) is 4.79 Å². The molecular formula is C22H21F3O3S. The van der Waals surface area contributed by atoms with Crippen LogP contribution in [0, 0.1) is 18.8 Å². The van der Waals surface area contributed by atoms with Gasteiger partial charge in [0.05, 0.1) is 5.56 Å². The fourth-order valence-corrected chi connectivity index (χ4v) is 3.14. The molecule has 7 heteroatoms. The number of thioether (sulfide) groups is 1. The molecule has 0 aliphatic rings. The highest BCUT2D eigenvalue weighted by Gasteiger charge is 2.30. The Bertz CT molecular complexity index is 923. The van der Waals surface area contributed by atoms with Crippen LogP contribution in [0.4, 0.5) is 13.2 Å². The number of halogens is 3. The molecule has 0 bridgehead atoms. The predicted octanol–water partition coefficient (Wildman–Crippen LogP) is 5.79. The molecule has 0 heterocycles. The number of ether oxygens (including phenoxy) is 1. The molecule has 3 nitrogen and oxygen atoms in total. The van der Waals surface area contributed by atoms with Crippen LogP contribution < -0.4 is 4.74 Å². The molecule has 0 amide bonds. The van der Waals surface area contributed by atoms with Crippen molar-refractivity contribution < 1.29 is 27.8 Å². The Hall–Kier alpha value is -2.59. The zero-order chi connectivity index (χ0) is 21.7. The lowest BCUT2D eigenvalue weighted by Crippen LogP contribution is -2.38. The van der Waals surface area contributed by atoms with Crippen molar-refractivity contribution in [2.45, 2.75) is 43.9 Å². The Balaban J connectivity index is 1.88. The van der Waals surface area contributed by atoms with Crippen molar-refractivity contribution >= 4 is 17.7 Å². The minimum atomic E-state index is -4.34. The standard InChI is InChI=1S/C22H21F3O3S/c1-15-14-18(11-12-19(15)28-21(2,3)20(26)27)29-13-5-4-6-16-7-9-17(10-8-16)22(23,24)25/h7-12,14H,5,13H2,1-3H3,(H,26,27). The van der Waals surface area contributed by atoms with Crippen molar-refractivity contribution in [1.29, 1.82) is 0 Å². The molecule has 154 valence electrons. The Morgan fingerprint density at radius 2 is 1.79 bits per heavy atom. The largest absolute Gasteiger partial charge is 0.478 e. The van der Waals surface area contributed by atoms with Crippen molar-refractivity contribution in [1.82, 2.24) is 0 Å². The van der Waals surface area contributed by atoms with E-state index in [1.807, 2.05) is 19.1 Å². The number of carboxylic acids is 1. The van der Waals surface area contributed by atoms with Gasteiger partial charge in [-0.2, -0.15) is 13.2 Å². The summed E-state index contributed by atoms with van der Waals surface area (Å²) in [7, 11) is 0. The fraction of sp³-hybridized carbons (Fsp3) is 0.318. The van der Waals surface area contributed by atoms with Crippen LogP contribution in [-0.4, -0.2) is 22.4 Å². The van der Waals surface area contributed by atoms with Gasteiger partial charge in [-0.15, -0.1) is 11.8 Å². The van der Waals surface area contributed by atoms with Crippen molar-refractivity contribution in [3.05, 3.63) is 59.2 Å². The summed E-state index contributed by atoms with van der Waals surface area (Å²) in [6, 6.07) is 10.3. The molecule has 0 saturated heterocycles. The third kappa shape index (κ3) is 6.75. The molecule has 0 fully saturated rings. The molecular weight excluding hydrogens is 401 g/mol. The van der Waals surface area contributed by atoms with E-state index < -0.39 is 23.3 Å². The maximum atomic E-state index is 12.5. The van der Waals surface area contributed by atoms with Crippen molar-refractivity contribution in [2.24, 2.45) is 0 Å². The third-order valence-corrected chi connectivity index (χ3v) is 4.96. The molecule has 0 atom stereocenters. The van der Waals surface area contributed by atoms with Gasteiger partial charge >= 0.3 is 12.1 Å². The number of alkyl halides is 3. The first-order valence-corrected chi connectivity index (χ1v) is 9.79.